The van der Waals surface area contributed by atoms with Crippen molar-refractivity contribution in [3.05, 3.63) is 18.0 Å². The number of nitrogens with one attached hydrogen (secondary N) is 1. The van der Waals surface area contributed by atoms with Crippen LogP contribution in [0.4, 0.5) is 0 Å². The first-order valence-corrected chi connectivity index (χ1v) is 11.5. The number of ether oxygens (including phenoxy) is 4. The van der Waals surface area contributed by atoms with Gasteiger partial charge in [-0.25, -0.2) is 9.78 Å². The summed E-state index contributed by atoms with van der Waals surface area (Å²) in [5.74, 6) is -0.391. The topological polar surface area (TPSA) is 113 Å². The number of rotatable bonds is 9. The Labute approximate surface area is 195 Å². The van der Waals surface area contributed by atoms with Crippen LogP contribution in [0.5, 0.6) is 11.5 Å². The van der Waals surface area contributed by atoms with Crippen LogP contribution in [0.15, 0.2) is 12.3 Å². The zero-order valence-corrected chi connectivity index (χ0v) is 20.2. The standard InChI is InChI=1S/C24H36N2O7/c1-15(2)10-11-18-8-6-7-9-19(24(29)33-16(18)3)26-23(28)21-22(32-14-31-17(4)27)20(30-5)12-13-25-21/h12-13,15-16,18-19H,6-11,14H2,1-5H3,(H,26,28)/t16-,18-,19-/m0/s1. The molecule has 0 radical (unpaired) electrons. The molecule has 9 nitrogen and oxygen atoms in total. The van der Waals surface area contributed by atoms with E-state index in [-0.39, 0.29) is 23.3 Å². The molecule has 1 aromatic rings. The van der Waals surface area contributed by atoms with E-state index in [9.17, 15) is 14.4 Å². The number of methoxy groups -OCH3 is 1. The van der Waals surface area contributed by atoms with E-state index in [1.165, 1.54) is 26.3 Å². The van der Waals surface area contributed by atoms with E-state index in [4.69, 9.17) is 18.9 Å². The average Bonchev–Trinajstić information content (AvgIpc) is 2.82. The fraction of sp³-hybridized carbons (Fsp3) is 0.667. The Hall–Kier alpha value is -2.84. The minimum atomic E-state index is -0.793. The van der Waals surface area contributed by atoms with E-state index in [2.05, 4.69) is 24.1 Å². The molecule has 3 atom stereocenters. The highest BCUT2D eigenvalue weighted by molar-refractivity contribution is 5.98. The molecule has 9 heteroatoms. The van der Waals surface area contributed by atoms with Gasteiger partial charge in [0.1, 0.15) is 12.1 Å². The SMILES string of the molecule is COc1ccnc(C(=O)N[C@H]2CCCC[C@@H](CCC(C)C)[C@H](C)OC2=O)c1OCOC(C)=O. The number of carbonyl (C=O) groups is 3. The van der Waals surface area contributed by atoms with Crippen LogP contribution in [0.1, 0.15) is 76.7 Å². The molecule has 2 heterocycles. The summed E-state index contributed by atoms with van der Waals surface area (Å²) in [4.78, 5) is 41.0. The normalized spacial score (nSPS) is 21.3. The number of pyridine rings is 1. The van der Waals surface area contributed by atoms with Crippen LogP contribution in [-0.4, -0.2) is 48.9 Å². The molecule has 2 rings (SSSR count). The van der Waals surface area contributed by atoms with E-state index in [1.54, 1.807) is 0 Å². The predicted molar refractivity (Wildman–Crippen MR) is 121 cm³/mol. The first-order chi connectivity index (χ1) is 15.7. The molecule has 1 N–H and O–H groups in total. The summed E-state index contributed by atoms with van der Waals surface area (Å²) in [6.45, 7) is 7.15. The number of aromatic nitrogens is 1. The molecule has 1 aromatic heterocycles. The fourth-order valence-electron chi connectivity index (χ4n) is 3.82. The number of nitrogens with zero attached hydrogens (tertiary/aromatic N) is 1. The molecule has 1 saturated heterocycles. The summed E-state index contributed by atoms with van der Waals surface area (Å²) in [6.07, 6.45) is 6.51. The number of cyclic esters (lactones) is 1. The minimum absolute atomic E-state index is 0.0253. The predicted octanol–water partition coefficient (Wildman–Crippen LogP) is 3.65. The maximum atomic E-state index is 13.0. The van der Waals surface area contributed by atoms with Crippen LogP contribution in [-0.2, 0) is 19.1 Å². The van der Waals surface area contributed by atoms with Gasteiger partial charge in [0.15, 0.2) is 17.2 Å². The lowest BCUT2D eigenvalue weighted by atomic mass is 9.89. The Morgan fingerprint density at radius 1 is 1.27 bits per heavy atom. The van der Waals surface area contributed by atoms with Gasteiger partial charge in [0, 0.05) is 19.2 Å². The molecule has 0 aromatic carbocycles. The summed E-state index contributed by atoms with van der Waals surface area (Å²) in [5.41, 5.74) is -0.0722. The lowest BCUT2D eigenvalue weighted by Crippen LogP contribution is -2.43. The Morgan fingerprint density at radius 2 is 2.00 bits per heavy atom. The van der Waals surface area contributed by atoms with Crippen molar-refractivity contribution in [3.63, 3.8) is 0 Å². The Kier molecular flexibility index (Phi) is 10.4. The summed E-state index contributed by atoms with van der Waals surface area (Å²) in [7, 11) is 1.42. The molecule has 0 bridgehead atoms. The van der Waals surface area contributed by atoms with Crippen molar-refractivity contribution in [2.75, 3.05) is 13.9 Å². The van der Waals surface area contributed by atoms with Gasteiger partial charge >= 0.3 is 11.9 Å². The second-order valence-corrected chi connectivity index (χ2v) is 8.77. The second kappa shape index (κ2) is 13.0. The Morgan fingerprint density at radius 3 is 2.67 bits per heavy atom. The van der Waals surface area contributed by atoms with Gasteiger partial charge in [-0.2, -0.15) is 0 Å². The summed E-state index contributed by atoms with van der Waals surface area (Å²) >= 11 is 0. The molecule has 0 spiro atoms. The Balaban J connectivity index is 2.12. The van der Waals surface area contributed by atoms with Crippen LogP contribution in [0, 0.1) is 11.8 Å². The third-order valence-corrected chi connectivity index (χ3v) is 5.76. The fourth-order valence-corrected chi connectivity index (χ4v) is 3.82. The molecule has 1 aliphatic heterocycles. The van der Waals surface area contributed by atoms with Crippen LogP contribution in [0.3, 0.4) is 0 Å². The van der Waals surface area contributed by atoms with Gasteiger partial charge < -0.3 is 24.3 Å². The van der Waals surface area contributed by atoms with E-state index < -0.39 is 30.7 Å². The minimum Gasteiger partial charge on any atom is -0.493 e. The highest BCUT2D eigenvalue weighted by Gasteiger charge is 2.30. The third-order valence-electron chi connectivity index (χ3n) is 5.76. The van der Waals surface area contributed by atoms with Gasteiger partial charge in [0.25, 0.3) is 5.91 Å². The monoisotopic (exact) mass is 464 g/mol. The van der Waals surface area contributed by atoms with E-state index in [1.807, 2.05) is 6.92 Å². The molecule has 0 aliphatic carbocycles. The first-order valence-electron chi connectivity index (χ1n) is 11.5. The highest BCUT2D eigenvalue weighted by Crippen LogP contribution is 2.30. The van der Waals surface area contributed by atoms with Gasteiger partial charge in [-0.1, -0.05) is 33.1 Å². The number of amides is 1. The summed E-state index contributed by atoms with van der Waals surface area (Å²) in [5, 5.41) is 2.74. The largest absolute Gasteiger partial charge is 0.493 e. The highest BCUT2D eigenvalue weighted by atomic mass is 16.7. The van der Waals surface area contributed by atoms with E-state index >= 15 is 0 Å². The van der Waals surface area contributed by atoms with Crippen molar-refractivity contribution >= 4 is 17.8 Å². The lowest BCUT2D eigenvalue weighted by molar-refractivity contribution is -0.153. The van der Waals surface area contributed by atoms with E-state index in [0.717, 1.165) is 32.1 Å². The van der Waals surface area contributed by atoms with Gasteiger partial charge in [0.05, 0.1) is 7.11 Å². The van der Waals surface area contributed by atoms with Crippen LogP contribution >= 0.6 is 0 Å². The second-order valence-electron chi connectivity index (χ2n) is 8.77. The quantitative estimate of drug-likeness (QED) is 0.435. The van der Waals surface area contributed by atoms with Gasteiger partial charge in [0.2, 0.25) is 6.79 Å². The van der Waals surface area contributed by atoms with Gasteiger partial charge in [-0.05, 0) is 38.0 Å². The third kappa shape index (κ3) is 8.22. The maximum Gasteiger partial charge on any atom is 0.328 e. The number of hydrogen-bond donors (Lipinski definition) is 1. The number of esters is 2. The molecule has 1 fully saturated rings. The number of carbonyl (C=O) groups excluding carboxylic acids is 3. The van der Waals surface area contributed by atoms with Crippen molar-refractivity contribution in [2.24, 2.45) is 11.8 Å². The Bertz CT molecular complexity index is 812. The van der Waals surface area contributed by atoms with Gasteiger partial charge in [-0.3, -0.25) is 9.59 Å². The van der Waals surface area contributed by atoms with Crippen molar-refractivity contribution in [2.45, 2.75) is 78.4 Å². The van der Waals surface area contributed by atoms with Crippen molar-refractivity contribution < 1.29 is 33.3 Å². The summed E-state index contributed by atoms with van der Waals surface area (Å²) < 4.78 is 21.2. The van der Waals surface area contributed by atoms with Gasteiger partial charge in [-0.15, -0.1) is 0 Å². The molecule has 0 unspecified atom stereocenters. The molecule has 1 aliphatic rings. The smallest absolute Gasteiger partial charge is 0.328 e. The molecular formula is C24H36N2O7. The van der Waals surface area contributed by atoms with Crippen molar-refractivity contribution in [1.82, 2.24) is 10.3 Å². The average molecular weight is 465 g/mol. The molecule has 184 valence electrons. The zero-order chi connectivity index (χ0) is 24.4. The molecule has 0 saturated carbocycles. The summed E-state index contributed by atoms with van der Waals surface area (Å²) in [6, 6.07) is 0.728. The molecule has 1 amide bonds. The van der Waals surface area contributed by atoms with E-state index in [0.29, 0.717) is 18.3 Å². The van der Waals surface area contributed by atoms with Crippen molar-refractivity contribution in [3.8, 4) is 11.5 Å². The van der Waals surface area contributed by atoms with Crippen LogP contribution in [0.25, 0.3) is 0 Å². The lowest BCUT2D eigenvalue weighted by Gasteiger charge is -2.25. The van der Waals surface area contributed by atoms with Crippen LogP contribution in [0.2, 0.25) is 0 Å². The van der Waals surface area contributed by atoms with Crippen molar-refractivity contribution in [1.29, 1.82) is 0 Å². The first kappa shape index (κ1) is 26.4. The zero-order valence-electron chi connectivity index (χ0n) is 20.2. The van der Waals surface area contributed by atoms with Crippen LogP contribution < -0.4 is 14.8 Å². The molecule has 33 heavy (non-hydrogen) atoms. The molecular weight excluding hydrogens is 428 g/mol. The maximum absolute atomic E-state index is 13.0. The number of hydrogen-bond acceptors (Lipinski definition) is 8.